The molecule has 1 heterocycles. The van der Waals surface area contributed by atoms with E-state index in [-0.39, 0.29) is 17.7 Å². The molecule has 1 saturated heterocycles. The van der Waals surface area contributed by atoms with Gasteiger partial charge in [-0.1, -0.05) is 25.1 Å². The van der Waals surface area contributed by atoms with Crippen molar-refractivity contribution in [3.63, 3.8) is 0 Å². The lowest BCUT2D eigenvalue weighted by molar-refractivity contribution is -0.153. The first kappa shape index (κ1) is 13.9. The fraction of sp³-hybridized carbons (Fsp3) is 0.647. The van der Waals surface area contributed by atoms with Crippen molar-refractivity contribution in [1.82, 2.24) is 0 Å². The molecule has 1 spiro atoms. The minimum Gasteiger partial charge on any atom is -0.490 e. The first-order chi connectivity index (χ1) is 9.72. The van der Waals surface area contributed by atoms with E-state index < -0.39 is 0 Å². The van der Waals surface area contributed by atoms with Crippen LogP contribution in [0, 0.1) is 0 Å². The van der Waals surface area contributed by atoms with Crippen LogP contribution in [-0.4, -0.2) is 18.3 Å². The normalized spacial score (nSPS) is 26.0. The van der Waals surface area contributed by atoms with Crippen molar-refractivity contribution in [2.24, 2.45) is 5.73 Å². The summed E-state index contributed by atoms with van der Waals surface area (Å²) in [6, 6.07) is 8.26. The molecule has 2 aliphatic rings. The van der Waals surface area contributed by atoms with E-state index in [2.05, 4.69) is 13.0 Å². The third kappa shape index (κ3) is 2.70. The Labute approximate surface area is 121 Å². The molecule has 0 radical (unpaired) electrons. The second-order valence-corrected chi connectivity index (χ2v) is 6.17. The molecule has 3 rings (SSSR count). The minimum absolute atomic E-state index is 0.0590. The van der Waals surface area contributed by atoms with Crippen molar-refractivity contribution in [3.05, 3.63) is 29.8 Å². The Balaban J connectivity index is 1.71. The van der Waals surface area contributed by atoms with Crippen molar-refractivity contribution < 1.29 is 9.47 Å². The monoisotopic (exact) mass is 275 g/mol. The van der Waals surface area contributed by atoms with Crippen LogP contribution in [0.5, 0.6) is 5.75 Å². The molecule has 2 atom stereocenters. The first-order valence-electron chi connectivity index (χ1n) is 7.87. The lowest BCUT2D eigenvalue weighted by Gasteiger charge is -2.47. The fourth-order valence-electron chi connectivity index (χ4n) is 3.30. The topological polar surface area (TPSA) is 44.5 Å². The number of para-hydroxylation sites is 1. The average molecular weight is 275 g/mol. The summed E-state index contributed by atoms with van der Waals surface area (Å²) in [4.78, 5) is 0. The molecular formula is C17H25NO2. The van der Waals surface area contributed by atoms with Gasteiger partial charge in [0.25, 0.3) is 0 Å². The fourth-order valence-corrected chi connectivity index (χ4v) is 3.30. The molecule has 3 nitrogen and oxygen atoms in total. The Hall–Kier alpha value is -1.06. The third-order valence-corrected chi connectivity index (χ3v) is 4.76. The highest BCUT2D eigenvalue weighted by atomic mass is 16.5. The second-order valence-electron chi connectivity index (χ2n) is 6.17. The number of hydrogen-bond acceptors (Lipinski definition) is 3. The number of hydrogen-bond donors (Lipinski definition) is 1. The van der Waals surface area contributed by atoms with E-state index in [1.54, 1.807) is 0 Å². The van der Waals surface area contributed by atoms with Gasteiger partial charge in [-0.2, -0.15) is 0 Å². The van der Waals surface area contributed by atoms with Crippen LogP contribution in [-0.2, 0) is 4.74 Å². The zero-order valence-corrected chi connectivity index (χ0v) is 12.3. The van der Waals surface area contributed by atoms with Gasteiger partial charge in [-0.25, -0.2) is 0 Å². The van der Waals surface area contributed by atoms with Gasteiger partial charge in [-0.15, -0.1) is 0 Å². The number of ether oxygens (including phenoxy) is 2. The van der Waals surface area contributed by atoms with Crippen molar-refractivity contribution in [3.8, 4) is 5.75 Å². The summed E-state index contributed by atoms with van der Waals surface area (Å²) in [5.74, 6) is 0.961. The van der Waals surface area contributed by atoms with E-state index in [1.165, 1.54) is 19.3 Å². The van der Waals surface area contributed by atoms with E-state index in [1.807, 2.05) is 18.2 Å². The molecule has 1 aromatic carbocycles. The van der Waals surface area contributed by atoms with Crippen LogP contribution in [0.25, 0.3) is 0 Å². The molecular weight excluding hydrogens is 250 g/mol. The van der Waals surface area contributed by atoms with Gasteiger partial charge in [0, 0.05) is 24.4 Å². The van der Waals surface area contributed by atoms with Crippen LogP contribution in [0.15, 0.2) is 24.3 Å². The summed E-state index contributed by atoms with van der Waals surface area (Å²) in [6.07, 6.45) is 6.91. The standard InChI is InChI=1S/C17H25NO2/c1-2-15(18)14-6-3-4-7-16(14)20-13-8-11-19-17(12-13)9-5-10-17/h3-4,6-7,13,15H,2,5,8-12,18H2,1H3/t13?,15-/m0/s1. The predicted molar refractivity (Wildman–Crippen MR) is 79.8 cm³/mol. The van der Waals surface area contributed by atoms with Gasteiger partial charge < -0.3 is 15.2 Å². The summed E-state index contributed by atoms with van der Waals surface area (Å²) in [6.45, 7) is 2.94. The largest absolute Gasteiger partial charge is 0.490 e. The Morgan fingerprint density at radius 1 is 1.40 bits per heavy atom. The Morgan fingerprint density at radius 2 is 2.20 bits per heavy atom. The van der Waals surface area contributed by atoms with Crippen LogP contribution in [0.4, 0.5) is 0 Å². The number of rotatable bonds is 4. The molecule has 2 fully saturated rings. The molecule has 1 aliphatic carbocycles. The molecule has 0 amide bonds. The van der Waals surface area contributed by atoms with E-state index in [0.29, 0.717) is 0 Å². The van der Waals surface area contributed by atoms with Crippen LogP contribution in [0.1, 0.15) is 57.1 Å². The molecule has 110 valence electrons. The highest BCUT2D eigenvalue weighted by Crippen LogP contribution is 2.43. The van der Waals surface area contributed by atoms with Gasteiger partial charge >= 0.3 is 0 Å². The first-order valence-corrected chi connectivity index (χ1v) is 7.87. The Kier molecular flexibility index (Phi) is 3.99. The van der Waals surface area contributed by atoms with E-state index in [0.717, 1.165) is 37.2 Å². The van der Waals surface area contributed by atoms with Gasteiger partial charge in [-0.05, 0) is 31.7 Å². The summed E-state index contributed by atoms with van der Waals surface area (Å²) >= 11 is 0. The third-order valence-electron chi connectivity index (χ3n) is 4.76. The Bertz CT molecular complexity index is 456. The molecule has 0 bridgehead atoms. The second kappa shape index (κ2) is 5.74. The maximum absolute atomic E-state index is 6.28. The molecule has 1 aromatic rings. The quantitative estimate of drug-likeness (QED) is 0.913. The van der Waals surface area contributed by atoms with E-state index in [9.17, 15) is 0 Å². The van der Waals surface area contributed by atoms with Gasteiger partial charge in [0.15, 0.2) is 0 Å². The highest BCUT2D eigenvalue weighted by molar-refractivity contribution is 5.36. The summed E-state index contributed by atoms with van der Waals surface area (Å²) < 4.78 is 12.2. The minimum atomic E-state index is 0.0590. The van der Waals surface area contributed by atoms with E-state index in [4.69, 9.17) is 15.2 Å². The average Bonchev–Trinajstić information content (AvgIpc) is 2.46. The van der Waals surface area contributed by atoms with Crippen molar-refractivity contribution in [2.45, 2.75) is 63.2 Å². The van der Waals surface area contributed by atoms with Crippen LogP contribution >= 0.6 is 0 Å². The number of nitrogens with two attached hydrogens (primary N) is 1. The number of benzene rings is 1. The van der Waals surface area contributed by atoms with Crippen LogP contribution < -0.4 is 10.5 Å². The molecule has 1 aliphatic heterocycles. The van der Waals surface area contributed by atoms with Gasteiger partial charge in [0.1, 0.15) is 11.9 Å². The Morgan fingerprint density at radius 3 is 2.90 bits per heavy atom. The zero-order valence-electron chi connectivity index (χ0n) is 12.3. The summed E-state index contributed by atoms with van der Waals surface area (Å²) in [5, 5.41) is 0. The summed E-state index contributed by atoms with van der Waals surface area (Å²) in [7, 11) is 0. The lowest BCUT2D eigenvalue weighted by atomic mass is 9.74. The smallest absolute Gasteiger partial charge is 0.124 e. The van der Waals surface area contributed by atoms with Crippen molar-refractivity contribution >= 4 is 0 Å². The molecule has 3 heteroatoms. The summed E-state index contributed by atoms with van der Waals surface area (Å²) in [5.41, 5.74) is 7.44. The van der Waals surface area contributed by atoms with Crippen molar-refractivity contribution in [1.29, 1.82) is 0 Å². The molecule has 1 saturated carbocycles. The van der Waals surface area contributed by atoms with Gasteiger partial charge in [-0.3, -0.25) is 0 Å². The SMILES string of the molecule is CC[C@H](N)c1ccccc1OC1CCOC2(CCC2)C1. The maximum Gasteiger partial charge on any atom is 0.124 e. The zero-order chi connectivity index (χ0) is 14.0. The molecule has 1 unspecified atom stereocenters. The lowest BCUT2D eigenvalue weighted by Crippen LogP contribution is -2.48. The van der Waals surface area contributed by atoms with Crippen molar-refractivity contribution in [2.75, 3.05) is 6.61 Å². The maximum atomic E-state index is 6.28. The predicted octanol–water partition coefficient (Wildman–Crippen LogP) is 3.58. The van der Waals surface area contributed by atoms with Gasteiger partial charge in [0.2, 0.25) is 0 Å². The highest BCUT2D eigenvalue weighted by Gasteiger charge is 2.43. The molecule has 20 heavy (non-hydrogen) atoms. The van der Waals surface area contributed by atoms with Crippen LogP contribution in [0.2, 0.25) is 0 Å². The molecule has 2 N–H and O–H groups in total. The van der Waals surface area contributed by atoms with Crippen LogP contribution in [0.3, 0.4) is 0 Å². The van der Waals surface area contributed by atoms with E-state index >= 15 is 0 Å². The molecule has 0 aromatic heterocycles. The van der Waals surface area contributed by atoms with Gasteiger partial charge in [0.05, 0.1) is 12.2 Å².